The van der Waals surface area contributed by atoms with Gasteiger partial charge in [-0.15, -0.1) is 0 Å². The molecule has 1 N–H and O–H groups in total. The molecule has 0 saturated carbocycles. The van der Waals surface area contributed by atoms with Crippen LogP contribution in [0, 0.1) is 6.92 Å². The molecule has 0 saturated heterocycles. The third-order valence-electron chi connectivity index (χ3n) is 4.23. The standard InChI is InChI=1S/C24H25NO4/c1-18-9-6-7-14-23(18)29-19(2)24(26)25-20-10-8-13-22(17-20)28-16-15-27-21-11-4-3-5-12-21/h3-14,17,19H,15-16H2,1-2H3,(H,25,26). The number of para-hydroxylation sites is 2. The number of hydrogen-bond donors (Lipinski definition) is 1. The molecule has 0 aromatic heterocycles. The highest BCUT2D eigenvalue weighted by atomic mass is 16.5. The second-order valence-corrected chi connectivity index (χ2v) is 6.55. The van der Waals surface area contributed by atoms with Gasteiger partial charge in [0.25, 0.3) is 5.91 Å². The quantitative estimate of drug-likeness (QED) is 0.529. The summed E-state index contributed by atoms with van der Waals surface area (Å²) in [6, 6.07) is 24.5. The fraction of sp³-hybridized carbons (Fsp3) is 0.208. The Bertz CT molecular complexity index is 927. The van der Waals surface area contributed by atoms with Crippen LogP contribution in [0.2, 0.25) is 0 Å². The molecule has 0 fully saturated rings. The molecule has 3 aromatic carbocycles. The number of carbonyl (C=O) groups is 1. The van der Waals surface area contributed by atoms with Crippen molar-refractivity contribution in [3.63, 3.8) is 0 Å². The van der Waals surface area contributed by atoms with Crippen LogP contribution in [0.5, 0.6) is 17.2 Å². The van der Waals surface area contributed by atoms with Crippen LogP contribution in [-0.2, 0) is 4.79 Å². The second kappa shape index (κ2) is 10.2. The smallest absolute Gasteiger partial charge is 0.265 e. The minimum absolute atomic E-state index is 0.224. The number of benzene rings is 3. The van der Waals surface area contributed by atoms with Crippen molar-refractivity contribution in [3.05, 3.63) is 84.4 Å². The van der Waals surface area contributed by atoms with Crippen molar-refractivity contribution in [3.8, 4) is 17.2 Å². The second-order valence-electron chi connectivity index (χ2n) is 6.55. The maximum Gasteiger partial charge on any atom is 0.265 e. The average molecular weight is 391 g/mol. The minimum atomic E-state index is -0.625. The van der Waals surface area contributed by atoms with E-state index in [0.29, 0.717) is 30.4 Å². The van der Waals surface area contributed by atoms with Gasteiger partial charge in [-0.1, -0.05) is 42.5 Å². The molecule has 0 spiro atoms. The Morgan fingerprint density at radius 1 is 0.862 bits per heavy atom. The average Bonchev–Trinajstić information content (AvgIpc) is 2.74. The number of carbonyl (C=O) groups excluding carboxylic acids is 1. The van der Waals surface area contributed by atoms with Crippen molar-refractivity contribution >= 4 is 11.6 Å². The first kappa shape index (κ1) is 20.3. The van der Waals surface area contributed by atoms with Crippen LogP contribution < -0.4 is 19.5 Å². The molecule has 0 heterocycles. The van der Waals surface area contributed by atoms with Gasteiger partial charge in [-0.25, -0.2) is 0 Å². The number of hydrogen-bond acceptors (Lipinski definition) is 4. The van der Waals surface area contributed by atoms with E-state index in [1.54, 1.807) is 13.0 Å². The summed E-state index contributed by atoms with van der Waals surface area (Å²) < 4.78 is 17.1. The molecule has 29 heavy (non-hydrogen) atoms. The summed E-state index contributed by atoms with van der Waals surface area (Å²) in [6.07, 6.45) is -0.625. The van der Waals surface area contributed by atoms with Crippen LogP contribution >= 0.6 is 0 Å². The van der Waals surface area contributed by atoms with E-state index < -0.39 is 6.10 Å². The van der Waals surface area contributed by atoms with Gasteiger partial charge in [0.05, 0.1) is 0 Å². The maximum atomic E-state index is 12.5. The van der Waals surface area contributed by atoms with Gasteiger partial charge in [0.1, 0.15) is 30.5 Å². The molecule has 1 unspecified atom stereocenters. The number of ether oxygens (including phenoxy) is 3. The van der Waals surface area contributed by atoms with Gasteiger partial charge >= 0.3 is 0 Å². The molecule has 3 aromatic rings. The lowest BCUT2D eigenvalue weighted by Gasteiger charge is -2.16. The predicted molar refractivity (Wildman–Crippen MR) is 114 cm³/mol. The predicted octanol–water partition coefficient (Wildman–Crippen LogP) is 4.86. The largest absolute Gasteiger partial charge is 0.490 e. The third-order valence-corrected chi connectivity index (χ3v) is 4.23. The van der Waals surface area contributed by atoms with Gasteiger partial charge in [-0.3, -0.25) is 4.79 Å². The molecule has 0 radical (unpaired) electrons. The van der Waals surface area contributed by atoms with Crippen LogP contribution in [0.15, 0.2) is 78.9 Å². The van der Waals surface area contributed by atoms with Crippen molar-refractivity contribution in [1.82, 2.24) is 0 Å². The van der Waals surface area contributed by atoms with Crippen molar-refractivity contribution < 1.29 is 19.0 Å². The molecule has 150 valence electrons. The molecule has 5 heteroatoms. The Hall–Kier alpha value is -3.47. The monoisotopic (exact) mass is 391 g/mol. The first-order chi connectivity index (χ1) is 14.1. The lowest BCUT2D eigenvalue weighted by Crippen LogP contribution is -2.30. The summed E-state index contributed by atoms with van der Waals surface area (Å²) in [5.74, 6) is 1.94. The third kappa shape index (κ3) is 6.28. The first-order valence-corrected chi connectivity index (χ1v) is 9.55. The zero-order chi connectivity index (χ0) is 20.5. The maximum absolute atomic E-state index is 12.5. The lowest BCUT2D eigenvalue weighted by molar-refractivity contribution is -0.122. The van der Waals surface area contributed by atoms with Gasteiger partial charge in [0.2, 0.25) is 0 Å². The Kier molecular flexibility index (Phi) is 7.11. The van der Waals surface area contributed by atoms with Crippen molar-refractivity contribution in [2.45, 2.75) is 20.0 Å². The van der Waals surface area contributed by atoms with Gasteiger partial charge in [0.15, 0.2) is 6.10 Å². The van der Waals surface area contributed by atoms with E-state index in [4.69, 9.17) is 14.2 Å². The van der Waals surface area contributed by atoms with E-state index in [1.807, 2.05) is 79.7 Å². The van der Waals surface area contributed by atoms with Crippen molar-refractivity contribution in [1.29, 1.82) is 0 Å². The Morgan fingerprint density at radius 3 is 2.28 bits per heavy atom. The molecule has 1 atom stereocenters. The van der Waals surface area contributed by atoms with Crippen LogP contribution in [0.4, 0.5) is 5.69 Å². The van der Waals surface area contributed by atoms with E-state index in [1.165, 1.54) is 0 Å². The normalized spacial score (nSPS) is 11.4. The fourth-order valence-electron chi connectivity index (χ4n) is 2.68. The van der Waals surface area contributed by atoms with E-state index in [0.717, 1.165) is 11.3 Å². The highest BCUT2D eigenvalue weighted by Gasteiger charge is 2.16. The molecule has 0 aliphatic rings. The van der Waals surface area contributed by atoms with Crippen LogP contribution in [-0.4, -0.2) is 25.2 Å². The molecule has 5 nitrogen and oxygen atoms in total. The Morgan fingerprint density at radius 2 is 1.52 bits per heavy atom. The zero-order valence-electron chi connectivity index (χ0n) is 16.6. The Balaban J connectivity index is 1.48. The lowest BCUT2D eigenvalue weighted by atomic mass is 10.2. The van der Waals surface area contributed by atoms with E-state index in [9.17, 15) is 4.79 Å². The molecular weight excluding hydrogens is 366 g/mol. The van der Waals surface area contributed by atoms with Gasteiger partial charge in [0, 0.05) is 11.8 Å². The molecule has 3 rings (SSSR count). The molecule has 0 bridgehead atoms. The number of nitrogens with one attached hydrogen (secondary N) is 1. The topological polar surface area (TPSA) is 56.8 Å². The first-order valence-electron chi connectivity index (χ1n) is 9.55. The number of rotatable bonds is 9. The van der Waals surface area contributed by atoms with Crippen LogP contribution in [0.1, 0.15) is 12.5 Å². The molecular formula is C24H25NO4. The van der Waals surface area contributed by atoms with Crippen LogP contribution in [0.3, 0.4) is 0 Å². The summed E-state index contributed by atoms with van der Waals surface area (Å²) in [4.78, 5) is 12.5. The zero-order valence-corrected chi connectivity index (χ0v) is 16.6. The number of anilines is 1. The number of amides is 1. The van der Waals surface area contributed by atoms with E-state index >= 15 is 0 Å². The van der Waals surface area contributed by atoms with Crippen LogP contribution in [0.25, 0.3) is 0 Å². The minimum Gasteiger partial charge on any atom is -0.490 e. The fourth-order valence-corrected chi connectivity index (χ4v) is 2.68. The summed E-state index contributed by atoms with van der Waals surface area (Å²) >= 11 is 0. The Labute approximate surface area is 171 Å². The molecule has 0 aliphatic carbocycles. The highest BCUT2D eigenvalue weighted by molar-refractivity contribution is 5.94. The van der Waals surface area contributed by atoms with E-state index in [2.05, 4.69) is 5.32 Å². The highest BCUT2D eigenvalue weighted by Crippen LogP contribution is 2.20. The van der Waals surface area contributed by atoms with Gasteiger partial charge in [-0.05, 0) is 49.7 Å². The van der Waals surface area contributed by atoms with E-state index in [-0.39, 0.29) is 5.91 Å². The summed E-state index contributed by atoms with van der Waals surface area (Å²) in [6.45, 7) is 4.51. The van der Waals surface area contributed by atoms with Gasteiger partial charge in [-0.2, -0.15) is 0 Å². The summed E-state index contributed by atoms with van der Waals surface area (Å²) in [5.41, 5.74) is 1.64. The SMILES string of the molecule is Cc1ccccc1OC(C)C(=O)Nc1cccc(OCCOc2ccccc2)c1. The molecule has 0 aliphatic heterocycles. The van der Waals surface area contributed by atoms with Crippen molar-refractivity contribution in [2.24, 2.45) is 0 Å². The van der Waals surface area contributed by atoms with Crippen molar-refractivity contribution in [2.75, 3.05) is 18.5 Å². The summed E-state index contributed by atoms with van der Waals surface area (Å²) in [5, 5.41) is 2.86. The number of aryl methyl sites for hydroxylation is 1. The molecule has 1 amide bonds. The summed E-state index contributed by atoms with van der Waals surface area (Å²) in [7, 11) is 0. The van der Waals surface area contributed by atoms with Gasteiger partial charge < -0.3 is 19.5 Å².